The standard InChI is InChI=1S/C14H23BO3/c1-13(2,3)9-7-10(14(4,5)6)12(15(17)18)11(16)8-9/h7-8,16-18H,1-6H3. The molecule has 3 N–H and O–H groups in total. The molecular formula is C14H23BO3. The highest BCUT2D eigenvalue weighted by Gasteiger charge is 2.29. The van der Waals surface area contributed by atoms with Crippen molar-refractivity contribution < 1.29 is 15.2 Å². The summed E-state index contributed by atoms with van der Waals surface area (Å²) in [6, 6.07) is 3.57. The fourth-order valence-electron chi connectivity index (χ4n) is 1.96. The lowest BCUT2D eigenvalue weighted by molar-refractivity contribution is 0.416. The van der Waals surface area contributed by atoms with Crippen LogP contribution in [0.25, 0.3) is 0 Å². The molecule has 100 valence electrons. The number of aromatic hydroxyl groups is 1. The molecule has 0 aliphatic heterocycles. The Labute approximate surface area is 110 Å². The molecule has 3 nitrogen and oxygen atoms in total. The van der Waals surface area contributed by atoms with Crippen LogP contribution < -0.4 is 5.46 Å². The fourth-order valence-corrected chi connectivity index (χ4v) is 1.96. The van der Waals surface area contributed by atoms with Gasteiger partial charge in [0, 0.05) is 5.46 Å². The van der Waals surface area contributed by atoms with E-state index in [0.717, 1.165) is 11.1 Å². The van der Waals surface area contributed by atoms with Crippen molar-refractivity contribution in [3.8, 4) is 5.75 Å². The predicted octanol–water partition coefficient (Wildman–Crippen LogP) is 1.67. The normalized spacial score (nSPS) is 12.7. The zero-order chi connectivity index (χ0) is 14.3. The molecule has 0 radical (unpaired) electrons. The number of phenols is 1. The Hall–Kier alpha value is -0.995. The van der Waals surface area contributed by atoms with Gasteiger partial charge in [0.1, 0.15) is 5.75 Å². The van der Waals surface area contributed by atoms with E-state index in [1.54, 1.807) is 6.07 Å². The van der Waals surface area contributed by atoms with Crippen molar-refractivity contribution in [3.63, 3.8) is 0 Å². The fraction of sp³-hybridized carbons (Fsp3) is 0.571. The van der Waals surface area contributed by atoms with Crippen LogP contribution in [-0.4, -0.2) is 22.3 Å². The van der Waals surface area contributed by atoms with Crippen LogP contribution in [0.15, 0.2) is 12.1 Å². The van der Waals surface area contributed by atoms with Crippen LogP contribution in [0.4, 0.5) is 0 Å². The summed E-state index contributed by atoms with van der Waals surface area (Å²) in [6.45, 7) is 12.1. The summed E-state index contributed by atoms with van der Waals surface area (Å²) >= 11 is 0. The Bertz CT molecular complexity index is 440. The first-order valence-corrected chi connectivity index (χ1v) is 6.18. The first-order valence-electron chi connectivity index (χ1n) is 6.18. The molecule has 0 atom stereocenters. The number of rotatable bonds is 1. The molecule has 0 bridgehead atoms. The second-order valence-corrected chi connectivity index (χ2v) is 6.83. The maximum atomic E-state index is 10.0. The van der Waals surface area contributed by atoms with Crippen molar-refractivity contribution in [1.82, 2.24) is 0 Å². The van der Waals surface area contributed by atoms with E-state index in [2.05, 4.69) is 20.8 Å². The smallest absolute Gasteiger partial charge is 0.492 e. The molecule has 18 heavy (non-hydrogen) atoms. The van der Waals surface area contributed by atoms with Gasteiger partial charge in [0.05, 0.1) is 0 Å². The Balaban J connectivity index is 3.58. The van der Waals surface area contributed by atoms with E-state index in [-0.39, 0.29) is 22.0 Å². The molecule has 1 aromatic rings. The first-order chi connectivity index (χ1) is 7.94. The molecule has 0 fully saturated rings. The zero-order valence-electron chi connectivity index (χ0n) is 12.1. The van der Waals surface area contributed by atoms with Gasteiger partial charge in [-0.05, 0) is 28.0 Å². The molecule has 0 amide bonds. The van der Waals surface area contributed by atoms with Crippen LogP contribution in [0, 0.1) is 0 Å². The number of hydrogen-bond acceptors (Lipinski definition) is 3. The molecule has 0 aliphatic carbocycles. The van der Waals surface area contributed by atoms with Crippen LogP contribution in [0.2, 0.25) is 0 Å². The summed E-state index contributed by atoms with van der Waals surface area (Å²) in [4.78, 5) is 0. The molecule has 4 heteroatoms. The Morgan fingerprint density at radius 1 is 0.889 bits per heavy atom. The zero-order valence-corrected chi connectivity index (χ0v) is 12.1. The van der Waals surface area contributed by atoms with E-state index in [1.165, 1.54) is 0 Å². The molecule has 1 rings (SSSR count). The van der Waals surface area contributed by atoms with Gasteiger partial charge in [0.2, 0.25) is 0 Å². The van der Waals surface area contributed by atoms with Gasteiger partial charge in [-0.2, -0.15) is 0 Å². The van der Waals surface area contributed by atoms with E-state index in [1.807, 2.05) is 26.8 Å². The van der Waals surface area contributed by atoms with Gasteiger partial charge in [0.25, 0.3) is 0 Å². The Morgan fingerprint density at radius 3 is 1.72 bits per heavy atom. The summed E-state index contributed by atoms with van der Waals surface area (Å²) < 4.78 is 0. The topological polar surface area (TPSA) is 60.7 Å². The molecule has 0 aliphatic rings. The van der Waals surface area contributed by atoms with E-state index in [9.17, 15) is 15.2 Å². The number of hydrogen-bond donors (Lipinski definition) is 3. The van der Waals surface area contributed by atoms with E-state index < -0.39 is 7.12 Å². The first kappa shape index (κ1) is 15.1. The second kappa shape index (κ2) is 4.59. The number of phenolic OH excluding ortho intramolecular Hbond substituents is 1. The van der Waals surface area contributed by atoms with Crippen LogP contribution in [0.1, 0.15) is 52.7 Å². The van der Waals surface area contributed by atoms with Gasteiger partial charge >= 0.3 is 7.12 Å². The highest BCUT2D eigenvalue weighted by molar-refractivity contribution is 6.60. The summed E-state index contributed by atoms with van der Waals surface area (Å²) in [5.74, 6) is -0.0534. The maximum Gasteiger partial charge on any atom is 0.492 e. The minimum atomic E-state index is -1.66. The quantitative estimate of drug-likeness (QED) is 0.664. The lowest BCUT2D eigenvalue weighted by Gasteiger charge is -2.28. The Kier molecular flexibility index (Phi) is 3.85. The lowest BCUT2D eigenvalue weighted by Crippen LogP contribution is -2.38. The second-order valence-electron chi connectivity index (χ2n) is 6.83. The predicted molar refractivity (Wildman–Crippen MR) is 75.3 cm³/mol. The average Bonchev–Trinajstić information content (AvgIpc) is 2.12. The highest BCUT2D eigenvalue weighted by Crippen LogP contribution is 2.31. The average molecular weight is 250 g/mol. The lowest BCUT2D eigenvalue weighted by atomic mass is 9.68. The minimum absolute atomic E-state index is 0.0534. The van der Waals surface area contributed by atoms with Crippen LogP contribution in [-0.2, 0) is 10.8 Å². The summed E-state index contributed by atoms with van der Waals surface area (Å²) in [5, 5.41) is 28.9. The maximum absolute atomic E-state index is 10.0. The molecule has 0 spiro atoms. The third-order valence-electron chi connectivity index (χ3n) is 3.09. The summed E-state index contributed by atoms with van der Waals surface area (Å²) in [7, 11) is -1.66. The van der Waals surface area contributed by atoms with E-state index in [0.29, 0.717) is 0 Å². The van der Waals surface area contributed by atoms with E-state index >= 15 is 0 Å². The largest absolute Gasteiger partial charge is 0.508 e. The third kappa shape index (κ3) is 3.06. The molecule has 0 saturated carbocycles. The van der Waals surface area contributed by atoms with E-state index in [4.69, 9.17) is 0 Å². The third-order valence-corrected chi connectivity index (χ3v) is 3.09. The highest BCUT2D eigenvalue weighted by atomic mass is 16.4. The van der Waals surface area contributed by atoms with Crippen molar-refractivity contribution in [2.75, 3.05) is 0 Å². The monoisotopic (exact) mass is 250 g/mol. The van der Waals surface area contributed by atoms with Crippen LogP contribution in [0.5, 0.6) is 5.75 Å². The van der Waals surface area contributed by atoms with Crippen LogP contribution in [0.3, 0.4) is 0 Å². The van der Waals surface area contributed by atoms with Gasteiger partial charge < -0.3 is 15.2 Å². The van der Waals surface area contributed by atoms with Gasteiger partial charge in [-0.1, -0.05) is 47.6 Å². The number of benzene rings is 1. The van der Waals surface area contributed by atoms with Crippen molar-refractivity contribution in [2.45, 2.75) is 52.4 Å². The Morgan fingerprint density at radius 2 is 1.39 bits per heavy atom. The molecule has 1 aromatic carbocycles. The van der Waals surface area contributed by atoms with Gasteiger partial charge in [-0.15, -0.1) is 0 Å². The minimum Gasteiger partial charge on any atom is -0.508 e. The summed E-state index contributed by atoms with van der Waals surface area (Å²) in [6.07, 6.45) is 0. The van der Waals surface area contributed by atoms with Crippen molar-refractivity contribution >= 4 is 12.6 Å². The van der Waals surface area contributed by atoms with Crippen LogP contribution >= 0.6 is 0 Å². The van der Waals surface area contributed by atoms with Crippen molar-refractivity contribution in [2.24, 2.45) is 0 Å². The molecule has 0 heterocycles. The summed E-state index contributed by atoms with van der Waals surface area (Å²) in [5.41, 5.74) is 1.58. The molecular weight excluding hydrogens is 227 g/mol. The van der Waals surface area contributed by atoms with Gasteiger partial charge in [-0.3, -0.25) is 0 Å². The van der Waals surface area contributed by atoms with Crippen molar-refractivity contribution in [3.05, 3.63) is 23.3 Å². The van der Waals surface area contributed by atoms with Gasteiger partial charge in [0.15, 0.2) is 0 Å². The SMILES string of the molecule is CC(C)(C)c1cc(O)c(B(O)O)c(C(C)(C)C)c1. The van der Waals surface area contributed by atoms with Crippen molar-refractivity contribution in [1.29, 1.82) is 0 Å². The molecule has 0 aromatic heterocycles. The molecule has 0 saturated heterocycles. The van der Waals surface area contributed by atoms with Gasteiger partial charge in [-0.25, -0.2) is 0 Å². The molecule has 0 unspecified atom stereocenters.